The number of piperazine rings is 1. The lowest BCUT2D eigenvalue weighted by molar-refractivity contribution is 0.0187. The first-order valence-electron chi connectivity index (χ1n) is 17.1. The largest absolute Gasteiger partial charge is 0.497 e. The van der Waals surface area contributed by atoms with Crippen LogP contribution in [0, 0.1) is 19.7 Å². The fourth-order valence-electron chi connectivity index (χ4n) is 7.47. The lowest BCUT2D eigenvalue weighted by Crippen LogP contribution is -2.58. The normalized spacial score (nSPS) is 17.9. The average molecular weight is 703 g/mol. The van der Waals surface area contributed by atoms with Crippen LogP contribution in [0.15, 0.2) is 83.9 Å². The van der Waals surface area contributed by atoms with Crippen LogP contribution < -0.4 is 14.4 Å². The zero-order valence-corrected chi connectivity index (χ0v) is 30.4. The third-order valence-electron chi connectivity index (χ3n) is 10.3. The summed E-state index contributed by atoms with van der Waals surface area (Å²) in [5.41, 5.74) is 2.76. The van der Waals surface area contributed by atoms with Crippen molar-refractivity contribution in [2.75, 3.05) is 72.0 Å². The van der Waals surface area contributed by atoms with E-state index < -0.39 is 16.1 Å². The number of aryl methyl sites for hydroxylation is 2. The molecule has 3 aromatic carbocycles. The van der Waals surface area contributed by atoms with Gasteiger partial charge in [0.25, 0.3) is 0 Å². The number of nitrogens with zero attached hydrogens (tertiary/aromatic N) is 6. The SMILES string of the molecule is COc1cc(C)c(S(=O)(=O)N(C)C(COc2nccc(N3CCC(c4cccc(F)c4)(N4CCN(C)CC4)CC3)n2)c2ccccc2)c(C)c1. The van der Waals surface area contributed by atoms with Crippen molar-refractivity contribution in [2.45, 2.75) is 43.2 Å². The number of likely N-dealkylation sites (N-methyl/N-ethyl adjacent to an activating group) is 2. The summed E-state index contributed by atoms with van der Waals surface area (Å²) in [5.74, 6) is 1.13. The van der Waals surface area contributed by atoms with Crippen molar-refractivity contribution in [3.05, 3.63) is 107 Å². The molecule has 1 aromatic heterocycles. The van der Waals surface area contributed by atoms with E-state index in [1.165, 1.54) is 10.4 Å². The van der Waals surface area contributed by atoms with Gasteiger partial charge in [0.05, 0.1) is 18.0 Å². The average Bonchev–Trinajstić information content (AvgIpc) is 3.12. The second-order valence-corrected chi connectivity index (χ2v) is 15.3. The fourth-order valence-corrected chi connectivity index (χ4v) is 9.21. The maximum Gasteiger partial charge on any atom is 0.318 e. The van der Waals surface area contributed by atoms with E-state index >= 15 is 0 Å². The first-order valence-corrected chi connectivity index (χ1v) is 18.5. The lowest BCUT2D eigenvalue weighted by Gasteiger charge is -2.51. The summed E-state index contributed by atoms with van der Waals surface area (Å²) >= 11 is 0. The van der Waals surface area contributed by atoms with Gasteiger partial charge in [-0.15, -0.1) is 0 Å². The highest BCUT2D eigenvalue weighted by Crippen LogP contribution is 2.41. The van der Waals surface area contributed by atoms with E-state index in [1.807, 2.05) is 42.5 Å². The van der Waals surface area contributed by atoms with Gasteiger partial charge in [-0.1, -0.05) is 42.5 Å². The van der Waals surface area contributed by atoms with Gasteiger partial charge in [0.1, 0.15) is 24.0 Å². The molecule has 0 spiro atoms. The van der Waals surface area contributed by atoms with E-state index in [9.17, 15) is 12.8 Å². The van der Waals surface area contributed by atoms with Crippen LogP contribution >= 0.6 is 0 Å². The molecule has 0 bridgehead atoms. The Hall–Kier alpha value is -4.10. The van der Waals surface area contributed by atoms with Crippen molar-refractivity contribution in [1.82, 2.24) is 24.1 Å². The van der Waals surface area contributed by atoms with Gasteiger partial charge in [0.2, 0.25) is 10.0 Å². The van der Waals surface area contributed by atoms with Crippen molar-refractivity contribution in [2.24, 2.45) is 0 Å². The zero-order valence-electron chi connectivity index (χ0n) is 29.5. The van der Waals surface area contributed by atoms with Gasteiger partial charge in [-0.3, -0.25) is 4.90 Å². The minimum Gasteiger partial charge on any atom is -0.497 e. The monoisotopic (exact) mass is 702 g/mol. The zero-order chi connectivity index (χ0) is 35.5. The van der Waals surface area contributed by atoms with Crippen molar-refractivity contribution >= 4 is 15.8 Å². The molecule has 4 aromatic rings. The molecule has 0 aliphatic carbocycles. The highest BCUT2D eigenvalue weighted by atomic mass is 32.2. The molecule has 12 heteroatoms. The van der Waals surface area contributed by atoms with Crippen LogP contribution in [0.1, 0.15) is 41.1 Å². The molecular formula is C38H47FN6O4S. The first-order chi connectivity index (χ1) is 24.0. The molecular weight excluding hydrogens is 656 g/mol. The van der Waals surface area contributed by atoms with Crippen molar-refractivity contribution in [1.29, 1.82) is 0 Å². The number of hydrogen-bond donors (Lipinski definition) is 0. The molecule has 50 heavy (non-hydrogen) atoms. The molecule has 2 aliphatic rings. The van der Waals surface area contributed by atoms with Gasteiger partial charge in [0, 0.05) is 58.1 Å². The maximum absolute atomic E-state index is 14.5. The number of piperidine rings is 1. The Morgan fingerprint density at radius 1 is 0.920 bits per heavy atom. The molecule has 10 nitrogen and oxygen atoms in total. The summed E-state index contributed by atoms with van der Waals surface area (Å²) in [6.45, 7) is 8.84. The first kappa shape index (κ1) is 35.7. The van der Waals surface area contributed by atoms with Crippen LogP contribution in [0.2, 0.25) is 0 Å². The molecule has 6 rings (SSSR count). The van der Waals surface area contributed by atoms with Gasteiger partial charge < -0.3 is 19.3 Å². The Labute approximate surface area is 295 Å². The van der Waals surface area contributed by atoms with E-state index in [0.717, 1.165) is 69.1 Å². The minimum atomic E-state index is -3.93. The molecule has 0 radical (unpaired) electrons. The van der Waals surface area contributed by atoms with E-state index in [-0.39, 0.29) is 28.9 Å². The predicted molar refractivity (Wildman–Crippen MR) is 193 cm³/mol. The van der Waals surface area contributed by atoms with Gasteiger partial charge in [-0.2, -0.15) is 9.29 Å². The fraction of sp³-hybridized carbons (Fsp3) is 0.421. The number of anilines is 1. The van der Waals surface area contributed by atoms with Crippen LogP contribution in [0.3, 0.4) is 0 Å². The molecule has 1 unspecified atom stereocenters. The Kier molecular flexibility index (Phi) is 10.7. The summed E-state index contributed by atoms with van der Waals surface area (Å²) in [5, 5.41) is 0. The highest BCUT2D eigenvalue weighted by Gasteiger charge is 2.42. The summed E-state index contributed by atoms with van der Waals surface area (Å²) in [6, 6.07) is 21.4. The van der Waals surface area contributed by atoms with E-state index in [1.54, 1.807) is 52.4 Å². The van der Waals surface area contributed by atoms with E-state index in [0.29, 0.717) is 16.9 Å². The van der Waals surface area contributed by atoms with Gasteiger partial charge in [-0.05, 0) is 86.3 Å². The summed E-state index contributed by atoms with van der Waals surface area (Å²) < 4.78 is 55.7. The number of halogens is 1. The van der Waals surface area contributed by atoms with Crippen molar-refractivity contribution < 1.29 is 22.3 Å². The molecule has 3 heterocycles. The molecule has 1 atom stereocenters. The third-order valence-corrected chi connectivity index (χ3v) is 12.5. The third kappa shape index (κ3) is 7.34. The maximum atomic E-state index is 14.5. The van der Waals surface area contributed by atoms with Gasteiger partial charge in [0.15, 0.2) is 0 Å². The molecule has 0 saturated carbocycles. The number of hydrogen-bond acceptors (Lipinski definition) is 9. The number of benzene rings is 3. The minimum absolute atomic E-state index is 0.00351. The Balaban J connectivity index is 1.20. The van der Waals surface area contributed by atoms with Crippen LogP contribution in [0.25, 0.3) is 0 Å². The van der Waals surface area contributed by atoms with Crippen LogP contribution in [-0.4, -0.2) is 99.6 Å². The molecule has 0 N–H and O–H groups in total. The highest BCUT2D eigenvalue weighted by molar-refractivity contribution is 7.89. The number of ether oxygens (including phenoxy) is 2. The van der Waals surface area contributed by atoms with Crippen molar-refractivity contribution in [3.63, 3.8) is 0 Å². The molecule has 2 saturated heterocycles. The van der Waals surface area contributed by atoms with E-state index in [4.69, 9.17) is 14.5 Å². The molecule has 2 aliphatic heterocycles. The Morgan fingerprint density at radius 2 is 1.60 bits per heavy atom. The van der Waals surface area contributed by atoms with Crippen LogP contribution in [0.4, 0.5) is 10.2 Å². The molecule has 2 fully saturated rings. The summed E-state index contributed by atoms with van der Waals surface area (Å²) in [6.07, 6.45) is 3.32. The Morgan fingerprint density at radius 3 is 2.24 bits per heavy atom. The topological polar surface area (TPSA) is 91.3 Å². The standard InChI is InChI=1S/C38H47FN6O4S/c1-28-24-33(48-5)25-29(2)36(28)50(46,47)43(4)34(30-10-7-6-8-11-30)27-49-37-40-17-14-35(41-37)44-18-15-38(16-19-44,31-12-9-13-32(39)26-31)45-22-20-42(3)21-23-45/h6-14,17,24-26,34H,15-16,18-23,27H2,1-5H3. The van der Waals surface area contributed by atoms with E-state index in [2.05, 4.69) is 32.8 Å². The number of sulfonamides is 1. The molecule has 0 amide bonds. The summed E-state index contributed by atoms with van der Waals surface area (Å²) in [4.78, 5) is 16.5. The lowest BCUT2D eigenvalue weighted by atomic mass is 9.78. The van der Waals surface area contributed by atoms with Crippen LogP contribution in [0.5, 0.6) is 11.8 Å². The smallest absolute Gasteiger partial charge is 0.318 e. The second kappa shape index (κ2) is 15.0. The van der Waals surface area contributed by atoms with Gasteiger partial charge in [-0.25, -0.2) is 17.8 Å². The van der Waals surface area contributed by atoms with Crippen LogP contribution in [-0.2, 0) is 15.6 Å². The Bertz CT molecular complexity index is 1860. The summed E-state index contributed by atoms with van der Waals surface area (Å²) in [7, 11) is 1.35. The van der Waals surface area contributed by atoms with Gasteiger partial charge >= 0.3 is 6.01 Å². The number of rotatable bonds is 11. The number of methoxy groups -OCH3 is 1. The quantitative estimate of drug-likeness (QED) is 0.203. The van der Waals surface area contributed by atoms with Crippen molar-refractivity contribution in [3.8, 4) is 11.8 Å². The molecule has 266 valence electrons. The predicted octanol–water partition coefficient (Wildman–Crippen LogP) is 5.43. The number of aromatic nitrogens is 2. The second-order valence-electron chi connectivity index (χ2n) is 13.4.